The van der Waals surface area contributed by atoms with Crippen LogP contribution in [0.2, 0.25) is 0 Å². The van der Waals surface area contributed by atoms with Gasteiger partial charge in [0.05, 0.1) is 6.20 Å². The predicted molar refractivity (Wildman–Crippen MR) is 113 cm³/mol. The maximum Gasteiger partial charge on any atom is 0.433 e. The zero-order chi connectivity index (χ0) is 24.3. The molecule has 34 heavy (non-hydrogen) atoms. The molecule has 1 N–H and O–H groups in total. The number of rotatable bonds is 5. The summed E-state index contributed by atoms with van der Waals surface area (Å²) in [7, 11) is 0. The number of carbonyl (C=O) groups is 2. The smallest absolute Gasteiger partial charge is 0.433 e. The molecule has 178 valence electrons. The van der Waals surface area contributed by atoms with E-state index in [1.807, 2.05) is 6.07 Å². The van der Waals surface area contributed by atoms with Crippen LogP contribution in [-0.4, -0.2) is 67.9 Å². The van der Waals surface area contributed by atoms with Gasteiger partial charge in [0, 0.05) is 38.9 Å². The van der Waals surface area contributed by atoms with E-state index in [1.54, 1.807) is 23.1 Å². The number of carboxylic acids is 1. The standard InChI is InChI=1S/C22H20F3N5O4/c23-22(24,25)19-5-4-17(13-26-19)34-16-3-1-2-15(12-16)14-28-8-10-29(11-9-28)21(33)30-7-6-18(27-30)20(31)32/h1-7,12-13H,8-11,14H2,(H,31,32). The number of aromatic carboxylic acids is 1. The summed E-state index contributed by atoms with van der Waals surface area (Å²) in [6.45, 7) is 2.71. The van der Waals surface area contributed by atoms with Crippen LogP contribution in [0.5, 0.6) is 11.5 Å². The summed E-state index contributed by atoms with van der Waals surface area (Å²) >= 11 is 0. The molecule has 0 aliphatic carbocycles. The maximum atomic E-state index is 12.7. The van der Waals surface area contributed by atoms with Crippen molar-refractivity contribution in [1.29, 1.82) is 0 Å². The van der Waals surface area contributed by atoms with E-state index in [0.29, 0.717) is 38.5 Å². The number of pyridine rings is 1. The summed E-state index contributed by atoms with van der Waals surface area (Å²) < 4.78 is 44.6. The zero-order valence-electron chi connectivity index (χ0n) is 17.8. The number of alkyl halides is 3. The van der Waals surface area contributed by atoms with Crippen molar-refractivity contribution in [2.45, 2.75) is 12.7 Å². The molecular formula is C22H20F3N5O4. The second kappa shape index (κ2) is 9.51. The van der Waals surface area contributed by atoms with Crippen LogP contribution in [0, 0.1) is 0 Å². The third-order valence-electron chi connectivity index (χ3n) is 5.21. The number of piperazine rings is 1. The van der Waals surface area contributed by atoms with Gasteiger partial charge in [0.2, 0.25) is 0 Å². The third kappa shape index (κ3) is 5.52. The SMILES string of the molecule is O=C(O)c1ccn(C(=O)N2CCN(Cc3cccc(Oc4ccc(C(F)(F)F)nc4)c3)CC2)n1. The minimum atomic E-state index is -4.51. The molecule has 1 aromatic carbocycles. The second-order valence-corrected chi connectivity index (χ2v) is 7.62. The first-order chi connectivity index (χ1) is 16.2. The van der Waals surface area contributed by atoms with Gasteiger partial charge in [-0.05, 0) is 35.9 Å². The average molecular weight is 475 g/mol. The molecule has 0 atom stereocenters. The minimum Gasteiger partial charge on any atom is -0.476 e. The molecule has 3 heterocycles. The Hall–Kier alpha value is -3.93. The predicted octanol–water partition coefficient (Wildman–Crippen LogP) is 3.57. The summed E-state index contributed by atoms with van der Waals surface area (Å²) in [5.74, 6) is -0.528. The Morgan fingerprint density at radius 3 is 2.41 bits per heavy atom. The normalized spacial score (nSPS) is 14.7. The lowest BCUT2D eigenvalue weighted by Crippen LogP contribution is -2.49. The lowest BCUT2D eigenvalue weighted by molar-refractivity contribution is -0.141. The van der Waals surface area contributed by atoms with Crippen LogP contribution in [0.25, 0.3) is 0 Å². The molecule has 4 rings (SSSR count). The number of carbonyl (C=O) groups excluding carboxylic acids is 1. The van der Waals surface area contributed by atoms with Crippen molar-refractivity contribution in [3.05, 3.63) is 71.8 Å². The van der Waals surface area contributed by atoms with Gasteiger partial charge in [-0.25, -0.2) is 14.6 Å². The number of hydrogen-bond acceptors (Lipinski definition) is 6. The monoisotopic (exact) mass is 475 g/mol. The van der Waals surface area contributed by atoms with Crippen LogP contribution in [0.3, 0.4) is 0 Å². The van der Waals surface area contributed by atoms with Crippen molar-refractivity contribution in [1.82, 2.24) is 24.6 Å². The number of aromatic nitrogens is 3. The highest BCUT2D eigenvalue weighted by Crippen LogP contribution is 2.29. The fourth-order valence-electron chi connectivity index (χ4n) is 3.50. The Labute approximate surface area is 192 Å². The Balaban J connectivity index is 1.31. The van der Waals surface area contributed by atoms with Crippen LogP contribution >= 0.6 is 0 Å². The molecule has 9 nitrogen and oxygen atoms in total. The zero-order valence-corrected chi connectivity index (χ0v) is 17.8. The van der Waals surface area contributed by atoms with E-state index in [-0.39, 0.29) is 17.5 Å². The van der Waals surface area contributed by atoms with Crippen molar-refractivity contribution >= 4 is 12.0 Å². The lowest BCUT2D eigenvalue weighted by atomic mass is 10.2. The molecule has 0 saturated carbocycles. The first kappa shape index (κ1) is 23.2. The summed E-state index contributed by atoms with van der Waals surface area (Å²) in [6, 6.07) is 10.2. The maximum absolute atomic E-state index is 12.7. The topological polar surface area (TPSA) is 101 Å². The Morgan fingerprint density at radius 1 is 1.03 bits per heavy atom. The molecule has 1 saturated heterocycles. The van der Waals surface area contributed by atoms with Gasteiger partial charge < -0.3 is 14.7 Å². The van der Waals surface area contributed by atoms with E-state index in [2.05, 4.69) is 15.0 Å². The van der Waals surface area contributed by atoms with Gasteiger partial charge in [0.25, 0.3) is 0 Å². The fraction of sp³-hybridized carbons (Fsp3) is 0.273. The van der Waals surface area contributed by atoms with Crippen molar-refractivity contribution in [3.8, 4) is 11.5 Å². The van der Waals surface area contributed by atoms with E-state index < -0.39 is 17.8 Å². The molecule has 1 aliphatic heterocycles. The number of ether oxygens (including phenoxy) is 1. The number of benzene rings is 1. The van der Waals surface area contributed by atoms with Gasteiger partial charge in [-0.2, -0.15) is 23.0 Å². The largest absolute Gasteiger partial charge is 0.476 e. The van der Waals surface area contributed by atoms with Gasteiger partial charge in [-0.1, -0.05) is 12.1 Å². The molecule has 2 aromatic heterocycles. The fourth-order valence-corrected chi connectivity index (χ4v) is 3.50. The van der Waals surface area contributed by atoms with Gasteiger partial charge >= 0.3 is 18.2 Å². The van der Waals surface area contributed by atoms with E-state index in [9.17, 15) is 22.8 Å². The molecule has 0 bridgehead atoms. The number of hydrogen-bond donors (Lipinski definition) is 1. The highest BCUT2D eigenvalue weighted by atomic mass is 19.4. The van der Waals surface area contributed by atoms with E-state index in [0.717, 1.165) is 22.5 Å². The molecule has 0 unspecified atom stereocenters. The van der Waals surface area contributed by atoms with E-state index in [4.69, 9.17) is 9.84 Å². The van der Waals surface area contributed by atoms with Crippen LogP contribution in [-0.2, 0) is 12.7 Å². The number of nitrogens with zero attached hydrogens (tertiary/aromatic N) is 5. The van der Waals surface area contributed by atoms with Crippen molar-refractivity contribution < 1.29 is 32.6 Å². The van der Waals surface area contributed by atoms with Crippen LogP contribution in [0.15, 0.2) is 54.9 Å². The van der Waals surface area contributed by atoms with E-state index >= 15 is 0 Å². The quantitative estimate of drug-likeness (QED) is 0.602. The lowest BCUT2D eigenvalue weighted by Gasteiger charge is -2.34. The molecule has 1 fully saturated rings. The average Bonchev–Trinajstić information content (AvgIpc) is 3.30. The molecule has 12 heteroatoms. The Morgan fingerprint density at radius 2 is 1.79 bits per heavy atom. The van der Waals surface area contributed by atoms with Gasteiger partial charge in [-0.15, -0.1) is 0 Å². The first-order valence-electron chi connectivity index (χ1n) is 10.3. The van der Waals surface area contributed by atoms with Crippen molar-refractivity contribution in [3.63, 3.8) is 0 Å². The minimum absolute atomic E-state index is 0.193. The second-order valence-electron chi connectivity index (χ2n) is 7.62. The highest BCUT2D eigenvalue weighted by Gasteiger charge is 2.32. The van der Waals surface area contributed by atoms with Gasteiger partial charge in [0.15, 0.2) is 5.69 Å². The molecule has 0 radical (unpaired) electrons. The summed E-state index contributed by atoms with van der Waals surface area (Å²) in [5.41, 5.74) is -0.238. The van der Waals surface area contributed by atoms with Crippen LogP contribution in [0.1, 0.15) is 21.7 Å². The Kier molecular flexibility index (Phi) is 6.50. The first-order valence-corrected chi connectivity index (χ1v) is 10.3. The molecular weight excluding hydrogens is 455 g/mol. The van der Waals surface area contributed by atoms with Crippen LogP contribution in [0.4, 0.5) is 18.0 Å². The van der Waals surface area contributed by atoms with E-state index in [1.165, 1.54) is 18.3 Å². The Bertz CT molecular complexity index is 1170. The van der Waals surface area contributed by atoms with Crippen molar-refractivity contribution in [2.24, 2.45) is 0 Å². The molecule has 3 aromatic rings. The highest BCUT2D eigenvalue weighted by molar-refractivity contribution is 5.86. The summed E-state index contributed by atoms with van der Waals surface area (Å²) in [4.78, 5) is 30.6. The molecule has 1 amide bonds. The van der Waals surface area contributed by atoms with Crippen LogP contribution < -0.4 is 4.74 Å². The molecule has 0 spiro atoms. The van der Waals surface area contributed by atoms with Crippen molar-refractivity contribution in [2.75, 3.05) is 26.2 Å². The number of amides is 1. The third-order valence-corrected chi connectivity index (χ3v) is 5.21. The van der Waals surface area contributed by atoms with Gasteiger partial charge in [0.1, 0.15) is 17.2 Å². The van der Waals surface area contributed by atoms with Gasteiger partial charge in [-0.3, -0.25) is 4.90 Å². The summed E-state index contributed by atoms with van der Waals surface area (Å²) in [6.07, 6.45) is -2.15. The summed E-state index contributed by atoms with van der Waals surface area (Å²) in [5, 5.41) is 12.7. The number of halogens is 3. The molecule has 1 aliphatic rings. The number of carboxylic acid groups (broad SMARTS) is 1.